The molecular weight excluding hydrogens is 286 g/mol. The number of Topliss-reactive ketones (excluding diaryl/α,β-unsaturated/α-hetero) is 1. The van der Waals surface area contributed by atoms with Crippen LogP contribution in [0.2, 0.25) is 0 Å². The van der Waals surface area contributed by atoms with Crippen LogP contribution in [0.25, 0.3) is 10.8 Å². The number of carbonyl (C=O) groups is 1. The largest absolute Gasteiger partial charge is 0.486 e. The summed E-state index contributed by atoms with van der Waals surface area (Å²) in [5.41, 5.74) is 0.696. The normalized spacial score (nSPS) is 11.6. The second-order valence-corrected chi connectivity index (χ2v) is 5.24. The van der Waals surface area contributed by atoms with Gasteiger partial charge in [-0.05, 0) is 28.5 Å². The van der Waals surface area contributed by atoms with Crippen molar-refractivity contribution in [3.8, 4) is 11.8 Å². The second-order valence-electron chi connectivity index (χ2n) is 5.24. The molecule has 0 aliphatic rings. The standard InChI is InChI=1S/C20H15NO2/c21-13-19(16-7-2-1-3-8-16)20(22)14-23-18-11-10-15-6-4-5-9-17(15)12-18/h1-12,19H,14H2/t19-/m1/s1. The molecule has 3 aromatic rings. The molecule has 0 aromatic heterocycles. The number of rotatable bonds is 5. The Bertz CT molecular complexity index is 865. The van der Waals surface area contributed by atoms with Gasteiger partial charge in [0.05, 0.1) is 6.07 Å². The summed E-state index contributed by atoms with van der Waals surface area (Å²) < 4.78 is 5.58. The molecule has 23 heavy (non-hydrogen) atoms. The minimum Gasteiger partial charge on any atom is -0.486 e. The molecule has 0 amide bonds. The predicted molar refractivity (Wildman–Crippen MR) is 89.2 cm³/mol. The highest BCUT2D eigenvalue weighted by atomic mass is 16.5. The van der Waals surface area contributed by atoms with Crippen LogP contribution in [0, 0.1) is 11.3 Å². The molecule has 1 atom stereocenters. The Hall–Kier alpha value is -3.12. The number of ether oxygens (including phenoxy) is 1. The molecule has 3 nitrogen and oxygen atoms in total. The van der Waals surface area contributed by atoms with Crippen LogP contribution in [0.3, 0.4) is 0 Å². The maximum atomic E-state index is 12.3. The quantitative estimate of drug-likeness (QED) is 0.713. The van der Waals surface area contributed by atoms with E-state index >= 15 is 0 Å². The predicted octanol–water partition coefficient (Wildman–Crippen LogP) is 4.10. The maximum Gasteiger partial charge on any atom is 0.191 e. The summed E-state index contributed by atoms with van der Waals surface area (Å²) in [6, 6.07) is 24.7. The van der Waals surface area contributed by atoms with E-state index in [0.29, 0.717) is 11.3 Å². The molecule has 0 spiro atoms. The molecule has 0 N–H and O–H groups in total. The van der Waals surface area contributed by atoms with Gasteiger partial charge in [-0.1, -0.05) is 60.7 Å². The summed E-state index contributed by atoms with van der Waals surface area (Å²) in [5.74, 6) is -0.412. The number of benzene rings is 3. The van der Waals surface area contributed by atoms with Gasteiger partial charge in [0.1, 0.15) is 18.3 Å². The number of fused-ring (bicyclic) bond motifs is 1. The summed E-state index contributed by atoms with van der Waals surface area (Å²) in [7, 11) is 0. The lowest BCUT2D eigenvalue weighted by molar-refractivity contribution is -0.121. The molecule has 3 aromatic carbocycles. The van der Waals surface area contributed by atoms with Gasteiger partial charge >= 0.3 is 0 Å². The molecule has 0 bridgehead atoms. The van der Waals surface area contributed by atoms with Gasteiger partial charge in [0, 0.05) is 0 Å². The zero-order valence-corrected chi connectivity index (χ0v) is 12.5. The molecule has 3 heteroatoms. The first-order valence-electron chi connectivity index (χ1n) is 7.37. The molecule has 0 unspecified atom stereocenters. The summed E-state index contributed by atoms with van der Waals surface area (Å²) in [4.78, 5) is 12.3. The fourth-order valence-corrected chi connectivity index (χ4v) is 2.47. The van der Waals surface area contributed by atoms with Gasteiger partial charge in [0.2, 0.25) is 0 Å². The fourth-order valence-electron chi connectivity index (χ4n) is 2.47. The number of ketones is 1. The van der Waals surface area contributed by atoms with Crippen LogP contribution in [0.5, 0.6) is 5.75 Å². The highest BCUT2D eigenvalue weighted by molar-refractivity contribution is 5.90. The zero-order chi connectivity index (χ0) is 16.1. The van der Waals surface area contributed by atoms with E-state index in [9.17, 15) is 10.1 Å². The summed E-state index contributed by atoms with van der Waals surface area (Å²) in [6.45, 7) is -0.120. The molecule has 0 aliphatic carbocycles. The molecule has 0 radical (unpaired) electrons. The van der Waals surface area contributed by atoms with Gasteiger partial charge in [-0.15, -0.1) is 0 Å². The topological polar surface area (TPSA) is 50.1 Å². The van der Waals surface area contributed by atoms with E-state index in [2.05, 4.69) is 6.07 Å². The molecular formula is C20H15NO2. The zero-order valence-electron chi connectivity index (χ0n) is 12.5. The maximum absolute atomic E-state index is 12.3. The Labute approximate surface area is 134 Å². The fraction of sp³-hybridized carbons (Fsp3) is 0.100. The van der Waals surface area contributed by atoms with Crippen molar-refractivity contribution in [3.63, 3.8) is 0 Å². The average Bonchev–Trinajstić information content (AvgIpc) is 2.61. The first-order valence-corrected chi connectivity index (χ1v) is 7.37. The molecule has 0 saturated heterocycles. The van der Waals surface area contributed by atoms with Crippen molar-refractivity contribution < 1.29 is 9.53 Å². The number of nitrogens with zero attached hydrogens (tertiary/aromatic N) is 1. The average molecular weight is 301 g/mol. The lowest BCUT2D eigenvalue weighted by Gasteiger charge is -2.10. The molecule has 0 heterocycles. The van der Waals surface area contributed by atoms with Crippen molar-refractivity contribution in [1.29, 1.82) is 5.26 Å². The van der Waals surface area contributed by atoms with Crippen LogP contribution < -0.4 is 4.74 Å². The highest BCUT2D eigenvalue weighted by Gasteiger charge is 2.20. The lowest BCUT2D eigenvalue weighted by Crippen LogP contribution is -2.19. The van der Waals surface area contributed by atoms with Gasteiger partial charge in [-0.2, -0.15) is 5.26 Å². The van der Waals surface area contributed by atoms with Crippen LogP contribution >= 0.6 is 0 Å². The monoisotopic (exact) mass is 301 g/mol. The summed E-state index contributed by atoms with van der Waals surface area (Å²) in [5, 5.41) is 11.4. The Morgan fingerprint density at radius 3 is 2.39 bits per heavy atom. The minimum atomic E-state index is -0.795. The molecule has 0 fully saturated rings. The molecule has 112 valence electrons. The highest BCUT2D eigenvalue weighted by Crippen LogP contribution is 2.21. The van der Waals surface area contributed by atoms with E-state index in [1.54, 1.807) is 12.1 Å². The number of nitriles is 1. The Morgan fingerprint density at radius 1 is 0.957 bits per heavy atom. The molecule has 3 rings (SSSR count). The van der Waals surface area contributed by atoms with E-state index in [1.807, 2.05) is 60.7 Å². The van der Waals surface area contributed by atoms with Crippen molar-refractivity contribution in [2.24, 2.45) is 0 Å². The lowest BCUT2D eigenvalue weighted by atomic mass is 9.97. The SMILES string of the molecule is N#C[C@@H](C(=O)COc1ccc2ccccc2c1)c1ccccc1. The van der Waals surface area contributed by atoms with Gasteiger partial charge < -0.3 is 4.74 Å². The van der Waals surface area contributed by atoms with Gasteiger partial charge in [0.15, 0.2) is 5.78 Å². The van der Waals surface area contributed by atoms with Crippen molar-refractivity contribution in [2.75, 3.05) is 6.61 Å². The van der Waals surface area contributed by atoms with Crippen molar-refractivity contribution in [2.45, 2.75) is 5.92 Å². The minimum absolute atomic E-state index is 0.120. The third-order valence-electron chi connectivity index (χ3n) is 3.69. The second kappa shape index (κ2) is 6.76. The van der Waals surface area contributed by atoms with Crippen LogP contribution in [0.4, 0.5) is 0 Å². The summed E-state index contributed by atoms with van der Waals surface area (Å²) >= 11 is 0. The van der Waals surface area contributed by atoms with E-state index in [4.69, 9.17) is 4.74 Å². The first kappa shape index (κ1) is 14.8. The van der Waals surface area contributed by atoms with Gasteiger partial charge in [-0.3, -0.25) is 4.79 Å². The van der Waals surface area contributed by atoms with Crippen LogP contribution in [0.1, 0.15) is 11.5 Å². The van der Waals surface area contributed by atoms with Crippen LogP contribution in [0.15, 0.2) is 72.8 Å². The van der Waals surface area contributed by atoms with E-state index in [0.717, 1.165) is 10.8 Å². The van der Waals surface area contributed by atoms with Crippen LogP contribution in [-0.4, -0.2) is 12.4 Å². The molecule has 0 aliphatic heterocycles. The smallest absolute Gasteiger partial charge is 0.191 e. The van der Waals surface area contributed by atoms with E-state index in [-0.39, 0.29) is 12.4 Å². The first-order chi connectivity index (χ1) is 11.3. The van der Waals surface area contributed by atoms with Crippen molar-refractivity contribution >= 4 is 16.6 Å². The van der Waals surface area contributed by atoms with E-state index in [1.165, 1.54) is 0 Å². The van der Waals surface area contributed by atoms with Crippen molar-refractivity contribution in [3.05, 3.63) is 78.4 Å². The third kappa shape index (κ3) is 3.38. The number of hydrogen-bond acceptors (Lipinski definition) is 3. The van der Waals surface area contributed by atoms with Crippen LogP contribution in [-0.2, 0) is 4.79 Å². The van der Waals surface area contributed by atoms with E-state index < -0.39 is 5.92 Å². The third-order valence-corrected chi connectivity index (χ3v) is 3.69. The Kier molecular flexibility index (Phi) is 4.35. The number of carbonyl (C=O) groups excluding carboxylic acids is 1. The Balaban J connectivity index is 1.71. The van der Waals surface area contributed by atoms with Gasteiger partial charge in [0.25, 0.3) is 0 Å². The van der Waals surface area contributed by atoms with Crippen molar-refractivity contribution in [1.82, 2.24) is 0 Å². The summed E-state index contributed by atoms with van der Waals surface area (Å²) in [6.07, 6.45) is 0. The molecule has 0 saturated carbocycles. The number of hydrogen-bond donors (Lipinski definition) is 0. The van der Waals surface area contributed by atoms with Gasteiger partial charge in [-0.25, -0.2) is 0 Å². The Morgan fingerprint density at radius 2 is 1.65 bits per heavy atom.